The minimum absolute atomic E-state index is 0.00852. The third-order valence-corrected chi connectivity index (χ3v) is 5.62. The van der Waals surface area contributed by atoms with Crippen LogP contribution in [-0.4, -0.2) is 21.7 Å². The molecule has 0 bridgehead atoms. The van der Waals surface area contributed by atoms with Crippen LogP contribution in [0.2, 0.25) is 0 Å². The maximum absolute atomic E-state index is 11.3. The molecule has 32 heavy (non-hydrogen) atoms. The number of para-hydroxylation sites is 1. The van der Waals surface area contributed by atoms with Crippen LogP contribution < -0.4 is 9.47 Å². The van der Waals surface area contributed by atoms with Crippen molar-refractivity contribution in [1.29, 1.82) is 0 Å². The number of nitro benzene ring substituents is 1. The van der Waals surface area contributed by atoms with Crippen molar-refractivity contribution in [2.24, 2.45) is 5.10 Å². The van der Waals surface area contributed by atoms with Gasteiger partial charge in [0.25, 0.3) is 5.69 Å². The lowest BCUT2D eigenvalue weighted by molar-refractivity contribution is -0.385. The van der Waals surface area contributed by atoms with Gasteiger partial charge in [-0.05, 0) is 49.7 Å². The van der Waals surface area contributed by atoms with E-state index in [2.05, 4.69) is 6.07 Å². The number of benzene rings is 3. The molecule has 3 aromatic carbocycles. The molecule has 0 amide bonds. The van der Waals surface area contributed by atoms with E-state index in [1.807, 2.05) is 67.4 Å². The summed E-state index contributed by atoms with van der Waals surface area (Å²) >= 11 is 0. The minimum atomic E-state index is -0.546. The molecule has 162 valence electrons. The number of non-ortho nitro benzene ring substituents is 1. The molecule has 0 N–H and O–H groups in total. The Hall–Kier alpha value is -3.87. The molecule has 2 aliphatic rings. The molecule has 5 rings (SSSR count). The number of hydrogen-bond donors (Lipinski definition) is 0. The van der Waals surface area contributed by atoms with Gasteiger partial charge in [0.15, 0.2) is 0 Å². The van der Waals surface area contributed by atoms with Gasteiger partial charge in [-0.15, -0.1) is 0 Å². The standard InChI is InChI=1S/C25H23N3O4/c1-16(2)31-20-12-10-17(11-13-20)22-15-23-21-8-3-4-9-24(21)32-25(27(23)26-22)18-6-5-7-19(14-18)28(29)30/h3-14,16,23,25H,15H2,1-2H3/t23-,25+/m0/s1. The van der Waals surface area contributed by atoms with Crippen LogP contribution in [0.1, 0.15) is 49.2 Å². The van der Waals surface area contributed by atoms with Crippen LogP contribution in [0, 0.1) is 10.1 Å². The van der Waals surface area contributed by atoms with E-state index in [-0.39, 0.29) is 17.8 Å². The van der Waals surface area contributed by atoms with E-state index in [1.165, 1.54) is 6.07 Å². The van der Waals surface area contributed by atoms with Gasteiger partial charge in [-0.2, -0.15) is 5.10 Å². The van der Waals surface area contributed by atoms with E-state index in [1.54, 1.807) is 12.1 Å². The Balaban J connectivity index is 1.52. The average Bonchev–Trinajstić information content (AvgIpc) is 3.24. The van der Waals surface area contributed by atoms with Crippen molar-refractivity contribution in [2.45, 2.75) is 38.6 Å². The van der Waals surface area contributed by atoms with Crippen molar-refractivity contribution in [3.05, 3.63) is 99.6 Å². The monoisotopic (exact) mass is 429 g/mol. The molecule has 0 saturated heterocycles. The molecule has 2 heterocycles. The molecular weight excluding hydrogens is 406 g/mol. The van der Waals surface area contributed by atoms with E-state index in [0.717, 1.165) is 34.8 Å². The van der Waals surface area contributed by atoms with Crippen LogP contribution in [0.15, 0.2) is 77.9 Å². The first-order valence-electron chi connectivity index (χ1n) is 10.6. The molecule has 2 atom stereocenters. The van der Waals surface area contributed by atoms with E-state index < -0.39 is 11.2 Å². The third kappa shape index (κ3) is 3.66. The Morgan fingerprint density at radius 1 is 1.09 bits per heavy atom. The Bertz CT molecular complexity index is 1190. The van der Waals surface area contributed by atoms with Gasteiger partial charge in [0.2, 0.25) is 6.23 Å². The number of fused-ring (bicyclic) bond motifs is 3. The summed E-state index contributed by atoms with van der Waals surface area (Å²) in [5.74, 6) is 1.60. The zero-order valence-electron chi connectivity index (χ0n) is 17.8. The Morgan fingerprint density at radius 2 is 1.88 bits per heavy atom. The zero-order valence-corrected chi connectivity index (χ0v) is 17.8. The van der Waals surface area contributed by atoms with Crippen LogP contribution in [-0.2, 0) is 0 Å². The predicted molar refractivity (Wildman–Crippen MR) is 121 cm³/mol. The highest BCUT2D eigenvalue weighted by Gasteiger charge is 2.41. The zero-order chi connectivity index (χ0) is 22.2. The normalized spacial score (nSPS) is 19.1. The fraction of sp³-hybridized carbons (Fsp3) is 0.240. The second-order valence-electron chi connectivity index (χ2n) is 8.20. The van der Waals surface area contributed by atoms with Crippen molar-refractivity contribution in [3.8, 4) is 11.5 Å². The summed E-state index contributed by atoms with van der Waals surface area (Å²) in [6, 6.07) is 22.4. The van der Waals surface area contributed by atoms with Crippen LogP contribution in [0.25, 0.3) is 0 Å². The molecule has 0 spiro atoms. The first-order valence-corrected chi connectivity index (χ1v) is 10.6. The first-order chi connectivity index (χ1) is 15.5. The van der Waals surface area contributed by atoms with Crippen molar-refractivity contribution in [3.63, 3.8) is 0 Å². The van der Waals surface area contributed by atoms with Gasteiger partial charge < -0.3 is 9.47 Å². The number of nitro groups is 1. The van der Waals surface area contributed by atoms with Crippen LogP contribution in [0.4, 0.5) is 5.69 Å². The predicted octanol–water partition coefficient (Wildman–Crippen LogP) is 5.62. The second-order valence-corrected chi connectivity index (χ2v) is 8.20. The number of nitrogens with zero attached hydrogens (tertiary/aromatic N) is 3. The molecule has 7 nitrogen and oxygen atoms in total. The first kappa shape index (κ1) is 20.1. The molecule has 3 aromatic rings. The van der Waals surface area contributed by atoms with Gasteiger partial charge in [0.1, 0.15) is 11.5 Å². The number of hydrazone groups is 1. The van der Waals surface area contributed by atoms with Crippen molar-refractivity contribution < 1.29 is 14.4 Å². The van der Waals surface area contributed by atoms with Crippen LogP contribution >= 0.6 is 0 Å². The molecular formula is C25H23N3O4. The van der Waals surface area contributed by atoms with Crippen molar-refractivity contribution >= 4 is 11.4 Å². The highest BCUT2D eigenvalue weighted by atomic mass is 16.6. The highest BCUT2D eigenvalue weighted by Crippen LogP contribution is 2.47. The smallest absolute Gasteiger partial charge is 0.269 e. The van der Waals surface area contributed by atoms with Crippen molar-refractivity contribution in [2.75, 3.05) is 0 Å². The van der Waals surface area contributed by atoms with E-state index >= 15 is 0 Å². The lowest BCUT2D eigenvalue weighted by Gasteiger charge is -2.38. The summed E-state index contributed by atoms with van der Waals surface area (Å²) in [5.41, 5.74) is 3.76. The van der Waals surface area contributed by atoms with E-state index in [9.17, 15) is 10.1 Å². The van der Waals surface area contributed by atoms with Gasteiger partial charge in [0.05, 0.1) is 22.8 Å². The molecule has 7 heteroatoms. The number of rotatable bonds is 5. The topological polar surface area (TPSA) is 77.2 Å². The maximum Gasteiger partial charge on any atom is 0.269 e. The minimum Gasteiger partial charge on any atom is -0.491 e. The lowest BCUT2D eigenvalue weighted by atomic mass is 9.96. The lowest BCUT2D eigenvalue weighted by Crippen LogP contribution is -2.33. The molecule has 0 saturated carbocycles. The van der Waals surface area contributed by atoms with Crippen LogP contribution in [0.5, 0.6) is 11.5 Å². The van der Waals surface area contributed by atoms with E-state index in [0.29, 0.717) is 5.56 Å². The summed E-state index contributed by atoms with van der Waals surface area (Å²) in [4.78, 5) is 10.9. The summed E-state index contributed by atoms with van der Waals surface area (Å²) in [5, 5.41) is 18.1. The quantitative estimate of drug-likeness (QED) is 0.388. The molecule has 0 radical (unpaired) electrons. The Morgan fingerprint density at radius 3 is 2.62 bits per heavy atom. The second kappa shape index (κ2) is 8.00. The molecule has 0 aromatic heterocycles. The van der Waals surface area contributed by atoms with Gasteiger partial charge in [-0.1, -0.05) is 30.3 Å². The van der Waals surface area contributed by atoms with Gasteiger partial charge in [-0.3, -0.25) is 10.1 Å². The summed E-state index contributed by atoms with van der Waals surface area (Å²) in [7, 11) is 0. The highest BCUT2D eigenvalue weighted by molar-refractivity contribution is 6.02. The fourth-order valence-corrected chi connectivity index (χ4v) is 4.22. The average molecular weight is 429 g/mol. The van der Waals surface area contributed by atoms with E-state index in [4.69, 9.17) is 14.6 Å². The Labute approximate surface area is 186 Å². The maximum atomic E-state index is 11.3. The van der Waals surface area contributed by atoms with Gasteiger partial charge >= 0.3 is 0 Å². The number of hydrogen-bond acceptors (Lipinski definition) is 6. The molecule has 0 aliphatic carbocycles. The summed E-state index contributed by atoms with van der Waals surface area (Å²) in [6.45, 7) is 4.00. The third-order valence-electron chi connectivity index (χ3n) is 5.62. The summed E-state index contributed by atoms with van der Waals surface area (Å²) < 4.78 is 12.0. The molecule has 0 fully saturated rings. The van der Waals surface area contributed by atoms with Crippen molar-refractivity contribution in [1.82, 2.24) is 5.01 Å². The SMILES string of the molecule is CC(C)Oc1ccc(C2=NN3[C@@H](c4cccc([N+](=O)[O-])c4)Oc4ccccc4[C@@H]3C2)cc1. The molecule has 2 aliphatic heterocycles. The van der Waals surface area contributed by atoms with Gasteiger partial charge in [0, 0.05) is 29.7 Å². The fourth-order valence-electron chi connectivity index (χ4n) is 4.22. The molecule has 0 unspecified atom stereocenters. The Kier molecular flexibility index (Phi) is 5.01. The largest absolute Gasteiger partial charge is 0.491 e. The number of ether oxygens (including phenoxy) is 2. The van der Waals surface area contributed by atoms with Gasteiger partial charge in [-0.25, -0.2) is 5.01 Å². The van der Waals surface area contributed by atoms with Crippen LogP contribution in [0.3, 0.4) is 0 Å². The summed E-state index contributed by atoms with van der Waals surface area (Å²) in [6.07, 6.45) is 0.287.